The Morgan fingerprint density at radius 3 is 2.52 bits per heavy atom. The molecular weight excluding hydrogens is 384 g/mol. The maximum Gasteiger partial charge on any atom is 0.307 e. The van der Waals surface area contributed by atoms with Crippen molar-refractivity contribution >= 4 is 32.8 Å². The number of sulfone groups is 1. The lowest BCUT2D eigenvalue weighted by atomic mass is 10.3. The number of carbonyl (C=O) groups excluding carboxylic acids is 1. The molecule has 140 valence electrons. The zero-order valence-corrected chi connectivity index (χ0v) is 16.4. The summed E-state index contributed by atoms with van der Waals surface area (Å²) in [6.45, 7) is 3.79. The normalized spacial score (nSPS) is 12.1. The van der Waals surface area contributed by atoms with Crippen LogP contribution in [0.15, 0.2) is 69.0 Å². The number of nitrogens with one attached hydrogen (secondary N) is 1. The molecule has 27 heavy (non-hydrogen) atoms. The van der Waals surface area contributed by atoms with Gasteiger partial charge in [-0.15, -0.1) is 11.3 Å². The highest BCUT2D eigenvalue weighted by Gasteiger charge is 2.19. The predicted octanol–water partition coefficient (Wildman–Crippen LogP) is 3.78. The maximum atomic E-state index is 12.4. The zero-order valence-electron chi connectivity index (χ0n) is 14.8. The molecule has 0 aliphatic rings. The summed E-state index contributed by atoms with van der Waals surface area (Å²) < 4.78 is 30.1. The Balaban J connectivity index is 1.67. The number of nitrogens with zero attached hydrogens (tertiary/aromatic N) is 1. The molecule has 0 aliphatic carbocycles. The topological polar surface area (TPSA) is 88.7 Å². The number of aryl methyl sites for hydroxylation is 1. The fourth-order valence-electron chi connectivity index (χ4n) is 2.35. The van der Waals surface area contributed by atoms with Gasteiger partial charge in [-0.2, -0.15) is 5.10 Å². The molecule has 0 fully saturated rings. The Labute approximate surface area is 161 Å². The summed E-state index contributed by atoms with van der Waals surface area (Å²) in [6.07, 6.45) is 0. The van der Waals surface area contributed by atoms with Crippen molar-refractivity contribution in [3.63, 3.8) is 0 Å². The summed E-state index contributed by atoms with van der Waals surface area (Å²) >= 11 is 1.58. The first-order valence-corrected chi connectivity index (χ1v) is 10.6. The fraction of sp³-hybridized carbons (Fsp3) is 0.158. The number of furan rings is 1. The molecule has 0 radical (unpaired) electrons. The fourth-order valence-corrected chi connectivity index (χ4v) is 4.43. The van der Waals surface area contributed by atoms with Gasteiger partial charge in [0.2, 0.25) is 0 Å². The number of rotatable bonds is 6. The van der Waals surface area contributed by atoms with E-state index in [1.807, 2.05) is 19.1 Å². The van der Waals surface area contributed by atoms with Crippen molar-refractivity contribution in [3.8, 4) is 0 Å². The van der Waals surface area contributed by atoms with E-state index in [9.17, 15) is 13.2 Å². The molecule has 0 saturated heterocycles. The minimum Gasteiger partial charge on any atom is -0.455 e. The average Bonchev–Trinajstić information content (AvgIpc) is 3.29. The molecule has 2 aromatic heterocycles. The lowest BCUT2D eigenvalue weighted by Crippen LogP contribution is -2.18. The summed E-state index contributed by atoms with van der Waals surface area (Å²) in [4.78, 5) is 14.5. The second-order valence-corrected chi connectivity index (χ2v) is 9.16. The van der Waals surface area contributed by atoms with E-state index < -0.39 is 15.7 Å². The molecule has 0 saturated carbocycles. The highest BCUT2D eigenvalue weighted by atomic mass is 32.2. The Hall–Kier alpha value is -2.71. The first kappa shape index (κ1) is 19.1. The van der Waals surface area contributed by atoms with Gasteiger partial charge in [0.05, 0.1) is 15.5 Å². The maximum absolute atomic E-state index is 12.4. The number of thiophene rings is 1. The molecule has 0 atom stereocenters. The molecular formula is C19H18N2O4S2. The summed E-state index contributed by atoms with van der Waals surface area (Å²) in [5, 5.41) is 4.06. The lowest BCUT2D eigenvalue weighted by Gasteiger charge is -2.02. The van der Waals surface area contributed by atoms with Gasteiger partial charge in [0.25, 0.3) is 0 Å². The number of carbonyl (C=O) groups is 1. The summed E-state index contributed by atoms with van der Waals surface area (Å²) in [7, 11) is -3.54. The van der Waals surface area contributed by atoms with E-state index in [0.717, 1.165) is 9.75 Å². The van der Waals surface area contributed by atoms with E-state index in [-0.39, 0.29) is 22.2 Å². The van der Waals surface area contributed by atoms with Crippen molar-refractivity contribution in [2.24, 2.45) is 5.10 Å². The molecule has 0 aliphatic heterocycles. The van der Waals surface area contributed by atoms with E-state index in [1.54, 1.807) is 36.5 Å². The van der Waals surface area contributed by atoms with Gasteiger partial charge in [-0.25, -0.2) is 13.8 Å². The van der Waals surface area contributed by atoms with E-state index >= 15 is 0 Å². The first-order valence-electron chi connectivity index (χ1n) is 8.13. The van der Waals surface area contributed by atoms with Crippen molar-refractivity contribution < 1.29 is 17.6 Å². The summed E-state index contributed by atoms with van der Waals surface area (Å²) in [5.74, 6) is -0.655. The zero-order chi connectivity index (χ0) is 19.4. The van der Waals surface area contributed by atoms with Crippen LogP contribution in [0, 0.1) is 6.92 Å². The van der Waals surface area contributed by atoms with Crippen LogP contribution in [0.25, 0.3) is 0 Å². The van der Waals surface area contributed by atoms with Crippen LogP contribution in [-0.4, -0.2) is 20.0 Å². The molecule has 0 unspecified atom stereocenters. The highest BCUT2D eigenvalue weighted by Crippen LogP contribution is 2.18. The van der Waals surface area contributed by atoms with Gasteiger partial charge >= 0.3 is 5.91 Å². The third-order valence-electron chi connectivity index (χ3n) is 3.74. The molecule has 3 rings (SSSR count). The quantitative estimate of drug-likeness (QED) is 0.502. The average molecular weight is 402 g/mol. The van der Waals surface area contributed by atoms with Crippen LogP contribution >= 0.6 is 11.3 Å². The van der Waals surface area contributed by atoms with E-state index in [2.05, 4.69) is 10.5 Å². The number of hydrogen-bond donors (Lipinski definition) is 1. The molecule has 1 aromatic carbocycles. The first-order chi connectivity index (χ1) is 12.8. The van der Waals surface area contributed by atoms with Gasteiger partial charge in [-0.05, 0) is 50.2 Å². The largest absolute Gasteiger partial charge is 0.455 e. The van der Waals surface area contributed by atoms with Gasteiger partial charge in [-0.1, -0.05) is 18.2 Å². The van der Waals surface area contributed by atoms with E-state index in [1.165, 1.54) is 24.3 Å². The third kappa shape index (κ3) is 4.72. The second kappa shape index (κ2) is 7.89. The van der Waals surface area contributed by atoms with Crippen molar-refractivity contribution in [2.45, 2.75) is 24.5 Å². The van der Waals surface area contributed by atoms with E-state index in [4.69, 9.17) is 4.42 Å². The molecule has 6 nitrogen and oxygen atoms in total. The van der Waals surface area contributed by atoms with Crippen LogP contribution < -0.4 is 5.43 Å². The molecule has 3 aromatic rings. The predicted molar refractivity (Wildman–Crippen MR) is 105 cm³/mol. The lowest BCUT2D eigenvalue weighted by molar-refractivity contribution is 0.0925. The Bertz CT molecular complexity index is 1080. The number of benzene rings is 1. The monoisotopic (exact) mass is 402 g/mol. The minimum absolute atomic E-state index is 0.00664. The van der Waals surface area contributed by atoms with Crippen molar-refractivity contribution in [1.82, 2.24) is 5.43 Å². The van der Waals surface area contributed by atoms with Crippen LogP contribution in [0.3, 0.4) is 0 Å². The van der Waals surface area contributed by atoms with Crippen LogP contribution in [0.5, 0.6) is 0 Å². The van der Waals surface area contributed by atoms with Gasteiger partial charge in [0, 0.05) is 4.88 Å². The molecule has 1 N–H and O–H groups in total. The van der Waals surface area contributed by atoms with Gasteiger partial charge in [-0.3, -0.25) is 4.79 Å². The molecule has 0 bridgehead atoms. The Kier molecular flexibility index (Phi) is 5.57. The molecule has 1 amide bonds. The molecule has 8 heteroatoms. The number of hydrazone groups is 1. The SMILES string of the molecule is C/C(=N/NC(=O)c1ccc(CS(=O)(=O)c2ccccc2)o1)c1ccc(C)s1. The molecule has 2 heterocycles. The second-order valence-electron chi connectivity index (χ2n) is 5.89. The van der Waals surface area contributed by atoms with Crippen LogP contribution in [-0.2, 0) is 15.6 Å². The highest BCUT2D eigenvalue weighted by molar-refractivity contribution is 7.90. The molecule has 0 spiro atoms. The van der Waals surface area contributed by atoms with Crippen LogP contribution in [0.1, 0.15) is 33.0 Å². The van der Waals surface area contributed by atoms with Gasteiger partial charge < -0.3 is 4.42 Å². The van der Waals surface area contributed by atoms with Crippen LogP contribution in [0.4, 0.5) is 0 Å². The number of hydrogen-bond acceptors (Lipinski definition) is 6. The van der Waals surface area contributed by atoms with Gasteiger partial charge in [0.1, 0.15) is 11.5 Å². The summed E-state index contributed by atoms with van der Waals surface area (Å²) in [6, 6.07) is 14.9. The van der Waals surface area contributed by atoms with Crippen molar-refractivity contribution in [2.75, 3.05) is 0 Å². The van der Waals surface area contributed by atoms with Gasteiger partial charge in [0.15, 0.2) is 15.6 Å². The standard InChI is InChI=1S/C19H18N2O4S2/c1-13-8-11-18(26-13)14(2)20-21-19(22)17-10-9-15(25-17)12-27(23,24)16-6-4-3-5-7-16/h3-11H,12H2,1-2H3,(H,21,22)/b20-14-. The van der Waals surface area contributed by atoms with Crippen molar-refractivity contribution in [1.29, 1.82) is 0 Å². The third-order valence-corrected chi connectivity index (χ3v) is 6.51. The number of amides is 1. The minimum atomic E-state index is -3.54. The van der Waals surface area contributed by atoms with Crippen LogP contribution in [0.2, 0.25) is 0 Å². The summed E-state index contributed by atoms with van der Waals surface area (Å²) in [5.41, 5.74) is 3.11. The Morgan fingerprint density at radius 1 is 1.11 bits per heavy atom. The Morgan fingerprint density at radius 2 is 1.85 bits per heavy atom. The van der Waals surface area contributed by atoms with Crippen molar-refractivity contribution in [3.05, 3.63) is 75.9 Å². The van der Waals surface area contributed by atoms with E-state index in [0.29, 0.717) is 5.71 Å². The smallest absolute Gasteiger partial charge is 0.307 e.